The molecule has 0 saturated carbocycles. The molecule has 0 aliphatic carbocycles. The second-order valence-electron chi connectivity index (χ2n) is 6.30. The van der Waals surface area contributed by atoms with Gasteiger partial charge in [0.15, 0.2) is 0 Å². The molecule has 2 aromatic carbocycles. The molecule has 6 heteroatoms. The van der Waals surface area contributed by atoms with Crippen LogP contribution in [0.25, 0.3) is 21.1 Å². The van der Waals surface area contributed by atoms with Gasteiger partial charge in [-0.2, -0.15) is 0 Å². The number of methoxy groups -OCH3 is 2. The Labute approximate surface area is 167 Å². The average molecular weight is 392 g/mol. The maximum Gasteiger partial charge on any atom is 0.268 e. The summed E-state index contributed by atoms with van der Waals surface area (Å²) in [5.74, 6) is 1.50. The van der Waals surface area contributed by atoms with Crippen LogP contribution in [0, 0.1) is 0 Å². The first-order chi connectivity index (χ1) is 13.6. The highest BCUT2D eigenvalue weighted by Crippen LogP contribution is 2.31. The van der Waals surface area contributed by atoms with Gasteiger partial charge in [0.25, 0.3) is 5.91 Å². The van der Waals surface area contributed by atoms with E-state index in [0.717, 1.165) is 38.3 Å². The van der Waals surface area contributed by atoms with E-state index in [0.29, 0.717) is 11.4 Å². The fourth-order valence-electron chi connectivity index (χ4n) is 3.18. The third kappa shape index (κ3) is 3.27. The van der Waals surface area contributed by atoms with Gasteiger partial charge in [0, 0.05) is 29.1 Å². The summed E-state index contributed by atoms with van der Waals surface area (Å²) in [6.07, 6.45) is 0. The normalized spacial score (nSPS) is 11.0. The highest BCUT2D eigenvalue weighted by atomic mass is 32.1. The molecule has 142 valence electrons. The summed E-state index contributed by atoms with van der Waals surface area (Å²) in [5.41, 5.74) is 1.70. The largest absolute Gasteiger partial charge is 0.497 e. The van der Waals surface area contributed by atoms with Gasteiger partial charge in [-0.25, -0.2) is 4.98 Å². The van der Waals surface area contributed by atoms with Crippen molar-refractivity contribution in [3.8, 4) is 11.5 Å². The van der Waals surface area contributed by atoms with Gasteiger partial charge in [0.2, 0.25) is 0 Å². The van der Waals surface area contributed by atoms with E-state index in [-0.39, 0.29) is 5.91 Å². The van der Waals surface area contributed by atoms with Crippen LogP contribution in [0.1, 0.15) is 16.6 Å². The lowest BCUT2D eigenvalue weighted by molar-refractivity contribution is 0.0992. The summed E-state index contributed by atoms with van der Waals surface area (Å²) < 4.78 is 10.5. The number of nitrogens with zero attached hydrogens (tertiary/aromatic N) is 2. The molecule has 4 aromatic rings. The molecule has 1 amide bonds. The summed E-state index contributed by atoms with van der Waals surface area (Å²) in [6.45, 7) is 2.54. The summed E-state index contributed by atoms with van der Waals surface area (Å²) in [6, 6.07) is 17.3. The lowest BCUT2D eigenvalue weighted by Crippen LogP contribution is -2.29. The number of anilines is 1. The first kappa shape index (κ1) is 18.3. The Balaban J connectivity index is 1.71. The molecular formula is C22H20N2O3S. The molecule has 2 heterocycles. The topological polar surface area (TPSA) is 51.7 Å². The molecule has 0 N–H and O–H groups in total. The molecule has 0 aliphatic heterocycles. The van der Waals surface area contributed by atoms with Crippen molar-refractivity contribution in [2.75, 3.05) is 25.7 Å². The minimum atomic E-state index is -0.0303. The summed E-state index contributed by atoms with van der Waals surface area (Å²) in [5, 5.41) is 1.99. The van der Waals surface area contributed by atoms with Crippen LogP contribution in [0.2, 0.25) is 0 Å². The van der Waals surface area contributed by atoms with Crippen LogP contribution in [-0.4, -0.2) is 31.7 Å². The van der Waals surface area contributed by atoms with Crippen molar-refractivity contribution >= 4 is 44.1 Å². The van der Waals surface area contributed by atoms with E-state index in [1.165, 1.54) is 11.3 Å². The van der Waals surface area contributed by atoms with Crippen LogP contribution >= 0.6 is 11.3 Å². The van der Waals surface area contributed by atoms with Crippen molar-refractivity contribution in [1.82, 2.24) is 4.98 Å². The number of aromatic nitrogens is 1. The summed E-state index contributed by atoms with van der Waals surface area (Å²) >= 11 is 1.41. The number of amides is 1. The Bertz CT molecular complexity index is 1150. The maximum atomic E-state index is 13.2. The highest BCUT2D eigenvalue weighted by molar-refractivity contribution is 7.20. The first-order valence-electron chi connectivity index (χ1n) is 8.97. The van der Waals surface area contributed by atoms with Crippen LogP contribution in [0.15, 0.2) is 54.6 Å². The second kappa shape index (κ2) is 7.48. The van der Waals surface area contributed by atoms with Crippen LogP contribution in [0.5, 0.6) is 11.5 Å². The molecule has 28 heavy (non-hydrogen) atoms. The highest BCUT2D eigenvalue weighted by Gasteiger charge is 2.19. The molecule has 0 bridgehead atoms. The van der Waals surface area contributed by atoms with Crippen LogP contribution in [0.4, 0.5) is 5.69 Å². The van der Waals surface area contributed by atoms with Crippen molar-refractivity contribution in [1.29, 1.82) is 0 Å². The number of benzene rings is 2. The fourth-order valence-corrected chi connectivity index (χ4v) is 4.15. The number of fused-ring (bicyclic) bond motifs is 2. The summed E-state index contributed by atoms with van der Waals surface area (Å²) in [7, 11) is 3.27. The number of thiophene rings is 1. The predicted octanol–water partition coefficient (Wildman–Crippen LogP) is 5.13. The van der Waals surface area contributed by atoms with Crippen molar-refractivity contribution in [2.24, 2.45) is 0 Å². The number of pyridine rings is 1. The molecular weight excluding hydrogens is 372 g/mol. The minimum absolute atomic E-state index is 0.0303. The van der Waals surface area contributed by atoms with Crippen LogP contribution < -0.4 is 14.4 Å². The van der Waals surface area contributed by atoms with Gasteiger partial charge in [0.05, 0.1) is 24.6 Å². The average Bonchev–Trinajstić information content (AvgIpc) is 3.15. The van der Waals surface area contributed by atoms with E-state index >= 15 is 0 Å². The monoisotopic (exact) mass is 392 g/mol. The van der Waals surface area contributed by atoms with Crippen molar-refractivity contribution in [3.63, 3.8) is 0 Å². The number of ether oxygens (including phenoxy) is 2. The Hall–Kier alpha value is -3.12. The maximum absolute atomic E-state index is 13.2. The number of carbonyl (C=O) groups excluding carboxylic acids is 1. The SMILES string of the molecule is CCN(C(=O)c1cc2cc3ccc(OC)cc3nc2s1)c1ccc(OC)cc1. The van der Waals surface area contributed by atoms with E-state index in [1.807, 2.05) is 55.5 Å². The number of hydrogen-bond acceptors (Lipinski definition) is 5. The molecule has 0 unspecified atom stereocenters. The van der Waals surface area contributed by atoms with Crippen LogP contribution in [0.3, 0.4) is 0 Å². The van der Waals surface area contributed by atoms with Crippen LogP contribution in [-0.2, 0) is 0 Å². The van der Waals surface area contributed by atoms with Crippen molar-refractivity contribution in [2.45, 2.75) is 6.92 Å². The zero-order valence-corrected chi connectivity index (χ0v) is 16.7. The van der Waals surface area contributed by atoms with Gasteiger partial charge >= 0.3 is 0 Å². The van der Waals surface area contributed by atoms with Gasteiger partial charge in [-0.1, -0.05) is 0 Å². The Morgan fingerprint density at radius 2 is 1.68 bits per heavy atom. The molecule has 5 nitrogen and oxygen atoms in total. The van der Waals surface area contributed by atoms with E-state index in [2.05, 4.69) is 6.07 Å². The van der Waals surface area contributed by atoms with Gasteiger partial charge < -0.3 is 14.4 Å². The molecule has 0 fully saturated rings. The third-order valence-electron chi connectivity index (χ3n) is 4.67. The quantitative estimate of drug-likeness (QED) is 0.472. The minimum Gasteiger partial charge on any atom is -0.497 e. The van der Waals surface area contributed by atoms with E-state index in [1.54, 1.807) is 19.1 Å². The molecule has 0 atom stereocenters. The number of rotatable bonds is 5. The Morgan fingerprint density at radius 1 is 0.964 bits per heavy atom. The van der Waals surface area contributed by atoms with Crippen molar-refractivity contribution < 1.29 is 14.3 Å². The molecule has 0 radical (unpaired) electrons. The van der Waals surface area contributed by atoms with Gasteiger partial charge in [-0.3, -0.25) is 4.79 Å². The molecule has 0 saturated heterocycles. The zero-order valence-electron chi connectivity index (χ0n) is 15.9. The van der Waals surface area contributed by atoms with E-state index < -0.39 is 0 Å². The predicted molar refractivity (Wildman–Crippen MR) is 114 cm³/mol. The summed E-state index contributed by atoms with van der Waals surface area (Å²) in [4.78, 5) is 21.1. The second-order valence-corrected chi connectivity index (χ2v) is 7.33. The van der Waals surface area contributed by atoms with Crippen molar-refractivity contribution in [3.05, 3.63) is 59.5 Å². The first-order valence-corrected chi connectivity index (χ1v) is 9.79. The number of carbonyl (C=O) groups is 1. The molecule has 0 spiro atoms. The Kier molecular flexibility index (Phi) is 4.88. The van der Waals surface area contributed by atoms with Gasteiger partial charge in [-0.05, 0) is 55.5 Å². The molecule has 0 aliphatic rings. The lowest BCUT2D eigenvalue weighted by atomic mass is 10.2. The lowest BCUT2D eigenvalue weighted by Gasteiger charge is -2.20. The fraction of sp³-hybridized carbons (Fsp3) is 0.182. The van der Waals surface area contributed by atoms with Gasteiger partial charge in [0.1, 0.15) is 16.3 Å². The smallest absolute Gasteiger partial charge is 0.268 e. The molecule has 2 aromatic heterocycles. The standard InChI is InChI=1S/C22H20N2O3S/c1-4-24(16-6-9-17(26-2)10-7-16)22(25)20-12-15-11-14-5-8-18(27-3)13-19(14)23-21(15)28-20/h5-13H,4H2,1-3H3. The van der Waals surface area contributed by atoms with E-state index in [4.69, 9.17) is 14.5 Å². The van der Waals surface area contributed by atoms with E-state index in [9.17, 15) is 4.79 Å². The van der Waals surface area contributed by atoms with Gasteiger partial charge in [-0.15, -0.1) is 11.3 Å². The number of hydrogen-bond donors (Lipinski definition) is 0. The Morgan fingerprint density at radius 3 is 2.36 bits per heavy atom. The zero-order chi connectivity index (χ0) is 19.7. The molecule has 4 rings (SSSR count). The third-order valence-corrected chi connectivity index (χ3v) is 5.70.